The molecule has 2 fully saturated rings. The third kappa shape index (κ3) is 8.32. The van der Waals surface area contributed by atoms with Crippen LogP contribution in [0.5, 0.6) is 5.75 Å². The Hall–Kier alpha value is -2.37. The number of aryl methyl sites for hydroxylation is 1. The Bertz CT molecular complexity index is 1550. The molecule has 1 saturated carbocycles. The lowest BCUT2D eigenvalue weighted by Gasteiger charge is -2.48. The van der Waals surface area contributed by atoms with E-state index in [1.165, 1.54) is 5.56 Å². The second kappa shape index (κ2) is 15.3. The lowest BCUT2D eigenvalue weighted by atomic mass is 9.64. The van der Waals surface area contributed by atoms with Crippen LogP contribution in [0.15, 0.2) is 36.4 Å². The summed E-state index contributed by atoms with van der Waals surface area (Å²) in [5, 5.41) is 0.720. The number of likely N-dealkylation sites (N-methyl/N-ethyl adjacent to an activating group) is 1. The predicted molar refractivity (Wildman–Crippen MR) is 189 cm³/mol. The molecule has 1 amide bonds. The molecule has 11 heteroatoms. The number of nitrogens with zero attached hydrogens (tertiary/aromatic N) is 2. The summed E-state index contributed by atoms with van der Waals surface area (Å²) < 4.78 is 48.3. The third-order valence-electron chi connectivity index (χ3n) is 11.4. The summed E-state index contributed by atoms with van der Waals surface area (Å²) in [5.41, 5.74) is 3.42. The van der Waals surface area contributed by atoms with Crippen molar-refractivity contribution in [1.29, 1.82) is 0 Å². The van der Waals surface area contributed by atoms with Gasteiger partial charge in [0.1, 0.15) is 12.4 Å². The van der Waals surface area contributed by atoms with Gasteiger partial charge in [0.25, 0.3) is 5.91 Å². The first-order chi connectivity index (χ1) is 23.0. The quantitative estimate of drug-likeness (QED) is 0.400. The highest BCUT2D eigenvalue weighted by Crippen LogP contribution is 2.46. The van der Waals surface area contributed by atoms with Gasteiger partial charge in [-0.1, -0.05) is 31.5 Å². The van der Waals surface area contributed by atoms with Crippen molar-refractivity contribution in [3.05, 3.63) is 58.1 Å². The number of rotatable bonds is 2. The number of halogens is 1. The summed E-state index contributed by atoms with van der Waals surface area (Å²) in [6.45, 7) is 7.36. The Morgan fingerprint density at radius 1 is 0.917 bits per heavy atom. The van der Waals surface area contributed by atoms with Crippen molar-refractivity contribution in [3.8, 4) is 5.75 Å². The molecule has 2 aromatic carbocycles. The van der Waals surface area contributed by atoms with E-state index in [2.05, 4.69) is 35.5 Å². The van der Waals surface area contributed by atoms with Crippen LogP contribution in [0.1, 0.15) is 73.9 Å². The zero-order valence-corrected chi connectivity index (χ0v) is 30.4. The molecule has 6 rings (SSSR count). The fraction of sp³-hybridized carbons (Fsp3) is 0.649. The summed E-state index contributed by atoms with van der Waals surface area (Å²) in [4.78, 5) is 18.0. The fourth-order valence-corrected chi connectivity index (χ4v) is 9.54. The molecule has 1 aliphatic carbocycles. The average Bonchev–Trinajstić information content (AvgIpc) is 3.07. The molecule has 0 aromatic heterocycles. The van der Waals surface area contributed by atoms with Crippen molar-refractivity contribution >= 4 is 33.2 Å². The number of amides is 1. The molecular weight excluding hydrogens is 650 g/mol. The molecule has 5 atom stereocenters. The number of benzene rings is 2. The van der Waals surface area contributed by atoms with Gasteiger partial charge in [0, 0.05) is 29.6 Å². The van der Waals surface area contributed by atoms with Crippen LogP contribution < -0.4 is 14.4 Å². The second-order valence-electron chi connectivity index (χ2n) is 14.8. The van der Waals surface area contributed by atoms with Gasteiger partial charge in [-0.2, -0.15) is 0 Å². The molecule has 3 aliphatic heterocycles. The molecule has 1 saturated heterocycles. The van der Waals surface area contributed by atoms with Crippen molar-refractivity contribution in [2.45, 2.75) is 77.7 Å². The maximum Gasteiger partial charge on any atom is 0.264 e. The number of hydrogen-bond donors (Lipinski definition) is 1. The van der Waals surface area contributed by atoms with E-state index in [0.717, 1.165) is 74.3 Å². The van der Waals surface area contributed by atoms with E-state index in [-0.39, 0.29) is 35.8 Å². The summed E-state index contributed by atoms with van der Waals surface area (Å²) in [5.74, 6) is 1.06. The van der Waals surface area contributed by atoms with Crippen molar-refractivity contribution in [3.63, 3.8) is 0 Å². The topological polar surface area (TPSA) is 97.4 Å². The van der Waals surface area contributed by atoms with Crippen LogP contribution in [0.25, 0.3) is 0 Å². The highest BCUT2D eigenvalue weighted by Gasteiger charge is 2.44. The average molecular weight is 702 g/mol. The first-order valence-corrected chi connectivity index (χ1v) is 19.7. The van der Waals surface area contributed by atoms with Crippen molar-refractivity contribution in [2.24, 2.45) is 29.6 Å². The zero-order valence-electron chi connectivity index (χ0n) is 28.8. The molecule has 1 N–H and O–H groups in total. The number of anilines is 1. The van der Waals surface area contributed by atoms with Gasteiger partial charge in [0.05, 0.1) is 30.7 Å². The van der Waals surface area contributed by atoms with Gasteiger partial charge in [-0.15, -0.1) is 0 Å². The first kappa shape index (κ1) is 35.5. The summed E-state index contributed by atoms with van der Waals surface area (Å²) in [6, 6.07) is 11.5. The summed E-state index contributed by atoms with van der Waals surface area (Å²) in [7, 11) is 0.259. The number of carbonyl (C=O) groups is 1. The van der Waals surface area contributed by atoms with E-state index in [4.69, 9.17) is 25.8 Å². The maximum atomic E-state index is 13.4. The smallest absolute Gasteiger partial charge is 0.264 e. The molecule has 0 spiro atoms. The van der Waals surface area contributed by atoms with Crippen LogP contribution in [-0.4, -0.2) is 77.7 Å². The second-order valence-corrected chi connectivity index (χ2v) is 17.1. The van der Waals surface area contributed by atoms with Gasteiger partial charge < -0.3 is 24.0 Å². The van der Waals surface area contributed by atoms with Crippen molar-refractivity contribution in [2.75, 3.05) is 51.1 Å². The van der Waals surface area contributed by atoms with Gasteiger partial charge in [-0.05, 0) is 124 Å². The zero-order chi connectivity index (χ0) is 34.0. The normalized spacial score (nSPS) is 31.7. The Morgan fingerprint density at radius 3 is 2.42 bits per heavy atom. The lowest BCUT2D eigenvalue weighted by Crippen LogP contribution is -2.51. The van der Waals surface area contributed by atoms with Gasteiger partial charge >= 0.3 is 0 Å². The Kier molecular flexibility index (Phi) is 11.3. The van der Waals surface area contributed by atoms with Crippen LogP contribution in [0.4, 0.5) is 5.69 Å². The minimum Gasteiger partial charge on any atom is -0.487 e. The largest absolute Gasteiger partial charge is 0.487 e. The number of sulfonamides is 1. The van der Waals surface area contributed by atoms with E-state index >= 15 is 0 Å². The molecule has 0 unspecified atom stereocenters. The maximum absolute atomic E-state index is 13.4. The van der Waals surface area contributed by atoms with Crippen LogP contribution in [0.2, 0.25) is 5.02 Å². The Labute approximate surface area is 291 Å². The summed E-state index contributed by atoms with van der Waals surface area (Å²) >= 11 is 6.37. The summed E-state index contributed by atoms with van der Waals surface area (Å²) in [6.07, 6.45) is 6.58. The number of nitrogens with one attached hydrogen (secondary N) is 1. The lowest BCUT2D eigenvalue weighted by molar-refractivity contribution is -0.241. The molecule has 2 aromatic rings. The highest BCUT2D eigenvalue weighted by molar-refractivity contribution is 7.90. The van der Waals surface area contributed by atoms with E-state index in [0.29, 0.717) is 43.0 Å². The van der Waals surface area contributed by atoms with E-state index in [1.807, 2.05) is 37.3 Å². The molecule has 4 aliphatic rings. The number of ether oxygens (including phenoxy) is 3. The SMILES string of the molecule is C[C@@H]1CC[C@@H]([C@H]2OC[C@@H](N(C)C)CO2)[C@@H]2CC[C@H]2CN2CCCCc3cc(Cl)ccc3COc3ccc(cc32)C(=O)NS(=O)(=O)C[C@@H]1C. The van der Waals surface area contributed by atoms with Crippen LogP contribution in [-0.2, 0) is 32.5 Å². The Morgan fingerprint density at radius 2 is 1.69 bits per heavy atom. The van der Waals surface area contributed by atoms with Gasteiger partial charge in [-0.3, -0.25) is 4.79 Å². The molecule has 0 radical (unpaired) electrons. The molecule has 9 nitrogen and oxygen atoms in total. The Balaban J connectivity index is 1.34. The molecule has 3 heterocycles. The van der Waals surface area contributed by atoms with Crippen molar-refractivity contribution < 1.29 is 27.4 Å². The first-order valence-electron chi connectivity index (χ1n) is 17.7. The van der Waals surface area contributed by atoms with Crippen LogP contribution in [0.3, 0.4) is 0 Å². The van der Waals surface area contributed by atoms with Gasteiger partial charge in [0.2, 0.25) is 10.0 Å². The standard InChI is InChI=1S/C37H52ClN3O6S/c1-24-8-13-33(37-46-21-31(22-47-37)40(3)4)32-14-10-28(32)19-41-16-6-5-7-26-17-30(38)12-9-29(26)20-45-35-15-11-27(18-34(35)41)36(42)39-48(43,44)23-25(24)2/h9,11-12,15,17-18,24-25,28,31-33,37H,5-8,10,13-14,16,19-23H2,1-4H3,(H,39,42)/t24-,25+,28+,31-,32-,33-,37+/m1/s1. The minimum atomic E-state index is -3.86. The number of fused-ring (bicyclic) bond motifs is 3. The van der Waals surface area contributed by atoms with E-state index < -0.39 is 15.9 Å². The molecule has 2 bridgehead atoms. The van der Waals surface area contributed by atoms with Gasteiger partial charge in [0.15, 0.2) is 6.29 Å². The third-order valence-corrected chi connectivity index (χ3v) is 13.1. The molecule has 48 heavy (non-hydrogen) atoms. The fourth-order valence-electron chi connectivity index (χ4n) is 7.85. The monoisotopic (exact) mass is 701 g/mol. The van der Waals surface area contributed by atoms with Crippen LogP contribution >= 0.6 is 11.6 Å². The highest BCUT2D eigenvalue weighted by atomic mass is 35.5. The van der Waals surface area contributed by atoms with Gasteiger partial charge in [-0.25, -0.2) is 13.1 Å². The minimum absolute atomic E-state index is 0.110. The van der Waals surface area contributed by atoms with E-state index in [1.54, 1.807) is 6.07 Å². The number of hydrogen-bond acceptors (Lipinski definition) is 8. The van der Waals surface area contributed by atoms with E-state index in [9.17, 15) is 13.2 Å². The number of carbonyl (C=O) groups excluding carboxylic acids is 1. The van der Waals surface area contributed by atoms with Crippen molar-refractivity contribution in [1.82, 2.24) is 9.62 Å². The predicted octanol–water partition coefficient (Wildman–Crippen LogP) is 6.13. The van der Waals surface area contributed by atoms with Crippen LogP contribution in [0, 0.1) is 29.6 Å². The molecular formula is C37H52ClN3O6S. The molecule has 264 valence electrons.